The van der Waals surface area contributed by atoms with Crippen LogP contribution in [0.5, 0.6) is 5.75 Å². The summed E-state index contributed by atoms with van der Waals surface area (Å²) in [4.78, 5) is 11.8. The zero-order chi connectivity index (χ0) is 18.3. The molecule has 26 heavy (non-hydrogen) atoms. The zero-order valence-corrected chi connectivity index (χ0v) is 15.2. The highest BCUT2D eigenvalue weighted by Gasteiger charge is 2.25. The molecule has 2 aliphatic rings. The number of aryl methyl sites for hydroxylation is 2. The molecule has 1 heterocycles. The Morgan fingerprint density at radius 2 is 1.85 bits per heavy atom. The summed E-state index contributed by atoms with van der Waals surface area (Å²) in [6.45, 7) is 1.64. The SMILES string of the molecule is CC1Oc2ccc(S(=O)(=O)Nc3ccc4c(c3)CCCC4)cc2NC1=O. The number of fused-ring (bicyclic) bond motifs is 2. The van der Waals surface area contributed by atoms with Gasteiger partial charge in [-0.05, 0) is 74.1 Å². The largest absolute Gasteiger partial charge is 0.479 e. The molecule has 0 saturated carbocycles. The van der Waals surface area contributed by atoms with Crippen LogP contribution in [0.25, 0.3) is 0 Å². The highest BCUT2D eigenvalue weighted by atomic mass is 32.2. The molecule has 0 spiro atoms. The number of hydrogen-bond acceptors (Lipinski definition) is 4. The second kappa shape index (κ2) is 6.32. The Balaban J connectivity index is 1.61. The molecule has 0 fully saturated rings. The number of anilines is 2. The maximum atomic E-state index is 12.7. The summed E-state index contributed by atoms with van der Waals surface area (Å²) >= 11 is 0. The summed E-state index contributed by atoms with van der Waals surface area (Å²) in [5.41, 5.74) is 3.41. The van der Waals surface area contributed by atoms with Gasteiger partial charge in [-0.15, -0.1) is 0 Å². The number of amides is 1. The van der Waals surface area contributed by atoms with Gasteiger partial charge in [0.05, 0.1) is 10.6 Å². The third-order valence-corrected chi connectivity index (χ3v) is 6.17. The molecule has 1 aliphatic heterocycles. The van der Waals surface area contributed by atoms with Gasteiger partial charge in [0, 0.05) is 5.69 Å². The predicted octanol–water partition coefficient (Wildman–Crippen LogP) is 3.09. The van der Waals surface area contributed by atoms with Crippen LogP contribution in [-0.2, 0) is 27.7 Å². The van der Waals surface area contributed by atoms with Crippen molar-refractivity contribution in [2.45, 2.75) is 43.6 Å². The fourth-order valence-electron chi connectivity index (χ4n) is 3.37. The monoisotopic (exact) mass is 372 g/mol. The predicted molar refractivity (Wildman–Crippen MR) is 99.1 cm³/mol. The summed E-state index contributed by atoms with van der Waals surface area (Å²) < 4.78 is 33.6. The molecule has 2 aromatic carbocycles. The van der Waals surface area contributed by atoms with Crippen LogP contribution in [0.3, 0.4) is 0 Å². The van der Waals surface area contributed by atoms with E-state index >= 15 is 0 Å². The van der Waals surface area contributed by atoms with Crippen LogP contribution in [-0.4, -0.2) is 20.4 Å². The average molecular weight is 372 g/mol. The Hall–Kier alpha value is -2.54. The molecule has 1 unspecified atom stereocenters. The van der Waals surface area contributed by atoms with Crippen LogP contribution in [0.2, 0.25) is 0 Å². The van der Waals surface area contributed by atoms with Crippen molar-refractivity contribution in [3.63, 3.8) is 0 Å². The van der Waals surface area contributed by atoms with E-state index in [0.717, 1.165) is 19.3 Å². The molecule has 6 nitrogen and oxygen atoms in total. The van der Waals surface area contributed by atoms with Gasteiger partial charge in [-0.25, -0.2) is 8.42 Å². The highest BCUT2D eigenvalue weighted by molar-refractivity contribution is 7.92. The molecule has 1 atom stereocenters. The lowest BCUT2D eigenvalue weighted by atomic mass is 9.91. The molecule has 1 aliphatic carbocycles. The first-order valence-electron chi connectivity index (χ1n) is 8.68. The average Bonchev–Trinajstić information content (AvgIpc) is 2.62. The van der Waals surface area contributed by atoms with E-state index in [4.69, 9.17) is 4.74 Å². The van der Waals surface area contributed by atoms with E-state index < -0.39 is 16.1 Å². The Kier molecular flexibility index (Phi) is 4.11. The van der Waals surface area contributed by atoms with Gasteiger partial charge in [0.2, 0.25) is 0 Å². The molecule has 0 radical (unpaired) electrons. The van der Waals surface area contributed by atoms with Gasteiger partial charge in [0.1, 0.15) is 5.75 Å². The van der Waals surface area contributed by atoms with Crippen molar-refractivity contribution in [2.75, 3.05) is 10.0 Å². The number of ether oxygens (including phenoxy) is 1. The Labute approximate surface area is 152 Å². The lowest BCUT2D eigenvalue weighted by Gasteiger charge is -2.23. The van der Waals surface area contributed by atoms with Crippen molar-refractivity contribution in [2.24, 2.45) is 0 Å². The van der Waals surface area contributed by atoms with Crippen LogP contribution in [0.15, 0.2) is 41.3 Å². The van der Waals surface area contributed by atoms with E-state index in [1.807, 2.05) is 12.1 Å². The number of benzene rings is 2. The first-order valence-corrected chi connectivity index (χ1v) is 10.2. The fraction of sp³-hybridized carbons (Fsp3) is 0.316. The molecule has 7 heteroatoms. The second-order valence-electron chi connectivity index (χ2n) is 6.70. The van der Waals surface area contributed by atoms with E-state index in [2.05, 4.69) is 10.0 Å². The molecule has 4 rings (SSSR count). The quantitative estimate of drug-likeness (QED) is 0.867. The van der Waals surface area contributed by atoms with Gasteiger partial charge in [-0.2, -0.15) is 0 Å². The molecule has 136 valence electrons. The van der Waals surface area contributed by atoms with E-state index in [0.29, 0.717) is 17.1 Å². The molecular weight excluding hydrogens is 352 g/mol. The number of sulfonamides is 1. The number of carbonyl (C=O) groups excluding carboxylic acids is 1. The zero-order valence-electron chi connectivity index (χ0n) is 14.4. The maximum absolute atomic E-state index is 12.7. The third-order valence-electron chi connectivity index (χ3n) is 4.79. The first kappa shape index (κ1) is 16.9. The molecule has 0 bridgehead atoms. The van der Waals surface area contributed by atoms with Crippen LogP contribution in [0, 0.1) is 0 Å². The third kappa shape index (κ3) is 3.14. The maximum Gasteiger partial charge on any atom is 0.265 e. The Morgan fingerprint density at radius 1 is 1.08 bits per heavy atom. The van der Waals surface area contributed by atoms with E-state index in [1.165, 1.54) is 29.7 Å². The van der Waals surface area contributed by atoms with Crippen molar-refractivity contribution < 1.29 is 17.9 Å². The molecule has 0 saturated heterocycles. The summed E-state index contributed by atoms with van der Waals surface area (Å²) in [6.07, 6.45) is 3.74. The standard InChI is InChI=1S/C19H20N2O4S/c1-12-19(22)20-17-11-16(8-9-18(17)25-12)26(23,24)21-15-7-6-13-4-2-3-5-14(13)10-15/h6-12,21H,2-5H2,1H3,(H,20,22). The van der Waals surface area contributed by atoms with Gasteiger partial charge in [-0.3, -0.25) is 9.52 Å². The lowest BCUT2D eigenvalue weighted by Crippen LogP contribution is -2.34. The minimum absolute atomic E-state index is 0.0763. The van der Waals surface area contributed by atoms with Gasteiger partial charge in [0.25, 0.3) is 15.9 Å². The smallest absolute Gasteiger partial charge is 0.265 e. The van der Waals surface area contributed by atoms with Crippen LogP contribution >= 0.6 is 0 Å². The Bertz CT molecular complexity index is 985. The van der Waals surface area contributed by atoms with E-state index in [9.17, 15) is 13.2 Å². The van der Waals surface area contributed by atoms with Crippen molar-refractivity contribution in [1.82, 2.24) is 0 Å². The number of hydrogen-bond donors (Lipinski definition) is 2. The van der Waals surface area contributed by atoms with Gasteiger partial charge in [-0.1, -0.05) is 6.07 Å². The first-order chi connectivity index (χ1) is 12.4. The minimum Gasteiger partial charge on any atom is -0.479 e. The van der Waals surface area contributed by atoms with Crippen LogP contribution in [0.1, 0.15) is 30.9 Å². The molecule has 2 N–H and O–H groups in total. The minimum atomic E-state index is -3.76. The van der Waals surface area contributed by atoms with Crippen molar-refractivity contribution in [3.05, 3.63) is 47.5 Å². The van der Waals surface area contributed by atoms with Crippen LogP contribution in [0.4, 0.5) is 11.4 Å². The van der Waals surface area contributed by atoms with Crippen LogP contribution < -0.4 is 14.8 Å². The summed E-state index contributed by atoms with van der Waals surface area (Å²) in [7, 11) is -3.76. The van der Waals surface area contributed by atoms with Gasteiger partial charge < -0.3 is 10.1 Å². The number of rotatable bonds is 3. The number of nitrogens with one attached hydrogen (secondary N) is 2. The summed E-state index contributed by atoms with van der Waals surface area (Å²) in [5, 5.41) is 2.67. The van der Waals surface area contributed by atoms with Crippen molar-refractivity contribution >= 4 is 27.3 Å². The van der Waals surface area contributed by atoms with E-state index in [1.54, 1.807) is 19.1 Å². The summed E-state index contributed by atoms with van der Waals surface area (Å²) in [5.74, 6) is 0.166. The molecule has 2 aromatic rings. The Morgan fingerprint density at radius 3 is 2.65 bits per heavy atom. The van der Waals surface area contributed by atoms with E-state index in [-0.39, 0.29) is 10.8 Å². The second-order valence-corrected chi connectivity index (χ2v) is 8.39. The molecular formula is C19H20N2O4S. The molecule has 1 amide bonds. The fourth-order valence-corrected chi connectivity index (χ4v) is 4.44. The van der Waals surface area contributed by atoms with Gasteiger partial charge in [0.15, 0.2) is 6.10 Å². The van der Waals surface area contributed by atoms with Crippen molar-refractivity contribution in [1.29, 1.82) is 0 Å². The lowest BCUT2D eigenvalue weighted by molar-refractivity contribution is -0.122. The summed E-state index contributed by atoms with van der Waals surface area (Å²) in [6, 6.07) is 10.2. The van der Waals surface area contributed by atoms with Crippen molar-refractivity contribution in [3.8, 4) is 5.75 Å². The topological polar surface area (TPSA) is 84.5 Å². The molecule has 0 aromatic heterocycles. The highest BCUT2D eigenvalue weighted by Crippen LogP contribution is 2.32. The number of carbonyl (C=O) groups is 1. The normalized spacial score (nSPS) is 19.0. The van der Waals surface area contributed by atoms with Gasteiger partial charge >= 0.3 is 0 Å².